The fraction of sp³-hybridized carbons (Fsp3) is 0.235. The number of nitrogens with zero attached hydrogens (tertiary/aromatic N) is 3. The van der Waals surface area contributed by atoms with Gasteiger partial charge in [-0.05, 0) is 25.0 Å². The van der Waals surface area contributed by atoms with Gasteiger partial charge in [0.25, 0.3) is 0 Å². The van der Waals surface area contributed by atoms with Crippen LogP contribution in [0.15, 0.2) is 36.4 Å². The molecule has 2 heterocycles. The van der Waals surface area contributed by atoms with Crippen LogP contribution in [0, 0.1) is 6.92 Å². The third kappa shape index (κ3) is 2.44. The van der Waals surface area contributed by atoms with E-state index in [0.29, 0.717) is 11.7 Å². The number of aryl methyl sites for hydroxylation is 2. The van der Waals surface area contributed by atoms with Crippen LogP contribution in [0.3, 0.4) is 0 Å². The number of fused-ring (bicyclic) bond motifs is 1. The zero-order chi connectivity index (χ0) is 14.8. The predicted molar refractivity (Wildman–Crippen MR) is 83.4 cm³/mol. The van der Waals surface area contributed by atoms with Crippen molar-refractivity contribution in [2.45, 2.75) is 20.3 Å². The molecule has 0 bridgehead atoms. The zero-order valence-corrected chi connectivity index (χ0v) is 12.4. The molecule has 0 aliphatic carbocycles. The summed E-state index contributed by atoms with van der Waals surface area (Å²) in [4.78, 5) is 13.5. The van der Waals surface area contributed by atoms with Gasteiger partial charge in [-0.3, -0.25) is 0 Å². The Morgan fingerprint density at radius 1 is 1.05 bits per heavy atom. The van der Waals surface area contributed by atoms with E-state index in [1.54, 1.807) is 7.11 Å². The molecule has 2 aromatic heterocycles. The van der Waals surface area contributed by atoms with Crippen LogP contribution in [0.1, 0.15) is 18.2 Å². The molecule has 0 spiro atoms. The lowest BCUT2D eigenvalue weighted by molar-refractivity contribution is 0.382. The van der Waals surface area contributed by atoms with Crippen LogP contribution in [0.25, 0.3) is 22.3 Å². The second kappa shape index (κ2) is 5.48. The van der Waals surface area contributed by atoms with E-state index in [1.807, 2.05) is 37.3 Å². The predicted octanol–water partition coefficient (Wildman–Crippen LogP) is 3.57. The summed E-state index contributed by atoms with van der Waals surface area (Å²) in [6.07, 6.45) is 0.940. The molecule has 0 amide bonds. The number of hydrogen-bond donors (Lipinski definition) is 0. The Morgan fingerprint density at radius 2 is 1.81 bits per heavy atom. The van der Waals surface area contributed by atoms with Crippen molar-refractivity contribution >= 4 is 11.0 Å². The molecular weight excluding hydrogens is 262 g/mol. The lowest BCUT2D eigenvalue weighted by Crippen LogP contribution is -2.00. The molecule has 0 aliphatic heterocycles. The molecule has 0 N–H and O–H groups in total. The summed E-state index contributed by atoms with van der Waals surface area (Å²) >= 11 is 0. The van der Waals surface area contributed by atoms with Gasteiger partial charge in [0.2, 0.25) is 0 Å². The first kappa shape index (κ1) is 13.5. The molecule has 4 heteroatoms. The minimum absolute atomic E-state index is 0.345. The van der Waals surface area contributed by atoms with Crippen molar-refractivity contribution in [2.24, 2.45) is 0 Å². The Kier molecular flexibility index (Phi) is 3.52. The monoisotopic (exact) mass is 279 g/mol. The molecule has 0 radical (unpaired) electrons. The lowest BCUT2D eigenvalue weighted by Gasteiger charge is -2.10. The fourth-order valence-corrected chi connectivity index (χ4v) is 2.43. The van der Waals surface area contributed by atoms with E-state index in [2.05, 4.69) is 27.9 Å². The second-order valence-electron chi connectivity index (χ2n) is 4.88. The summed E-state index contributed by atoms with van der Waals surface area (Å²) in [5, 5.41) is 0.962. The van der Waals surface area contributed by atoms with Crippen molar-refractivity contribution < 1.29 is 4.74 Å². The van der Waals surface area contributed by atoms with Crippen molar-refractivity contribution in [3.8, 4) is 17.3 Å². The van der Waals surface area contributed by atoms with E-state index in [4.69, 9.17) is 4.74 Å². The van der Waals surface area contributed by atoms with Crippen LogP contribution in [-0.4, -0.2) is 22.1 Å². The standard InChI is InChI=1S/C17H17N3O/c1-4-12-10-14-15(13-8-6-5-7-9-13)19-17(21-3)20-16(14)18-11(12)2/h5-10H,4H2,1-3H3. The first-order valence-electron chi connectivity index (χ1n) is 7.00. The Morgan fingerprint density at radius 3 is 2.48 bits per heavy atom. The van der Waals surface area contributed by atoms with Crippen LogP contribution in [-0.2, 0) is 6.42 Å². The van der Waals surface area contributed by atoms with Gasteiger partial charge in [-0.2, -0.15) is 9.97 Å². The molecule has 0 fully saturated rings. The van der Waals surface area contributed by atoms with Crippen LogP contribution < -0.4 is 4.74 Å². The van der Waals surface area contributed by atoms with Crippen LogP contribution >= 0.6 is 0 Å². The van der Waals surface area contributed by atoms with Crippen molar-refractivity contribution in [2.75, 3.05) is 7.11 Å². The SMILES string of the molecule is CCc1cc2c(-c3ccccc3)nc(OC)nc2nc1C. The van der Waals surface area contributed by atoms with Crippen molar-refractivity contribution in [1.82, 2.24) is 15.0 Å². The molecule has 1 aromatic carbocycles. The zero-order valence-electron chi connectivity index (χ0n) is 12.4. The van der Waals surface area contributed by atoms with Gasteiger partial charge in [0.1, 0.15) is 0 Å². The Hall–Kier alpha value is -2.49. The number of ether oxygens (including phenoxy) is 1. The van der Waals surface area contributed by atoms with Crippen molar-refractivity contribution in [1.29, 1.82) is 0 Å². The minimum Gasteiger partial charge on any atom is -0.467 e. The maximum Gasteiger partial charge on any atom is 0.318 e. The maximum absolute atomic E-state index is 5.22. The molecule has 0 aliphatic rings. The molecule has 0 unspecified atom stereocenters. The number of pyridine rings is 1. The van der Waals surface area contributed by atoms with Crippen molar-refractivity contribution in [3.05, 3.63) is 47.7 Å². The van der Waals surface area contributed by atoms with E-state index in [-0.39, 0.29) is 0 Å². The third-order valence-electron chi connectivity index (χ3n) is 3.57. The van der Waals surface area contributed by atoms with E-state index >= 15 is 0 Å². The van der Waals surface area contributed by atoms with E-state index in [9.17, 15) is 0 Å². The van der Waals surface area contributed by atoms with Gasteiger partial charge in [0.15, 0.2) is 5.65 Å². The van der Waals surface area contributed by atoms with Crippen LogP contribution in [0.2, 0.25) is 0 Å². The average Bonchev–Trinajstić information content (AvgIpc) is 2.53. The number of benzene rings is 1. The van der Waals surface area contributed by atoms with Crippen LogP contribution in [0.5, 0.6) is 6.01 Å². The summed E-state index contributed by atoms with van der Waals surface area (Å²) in [6, 6.07) is 12.5. The van der Waals surface area contributed by atoms with Crippen molar-refractivity contribution in [3.63, 3.8) is 0 Å². The highest BCUT2D eigenvalue weighted by Crippen LogP contribution is 2.28. The quantitative estimate of drug-likeness (QED) is 0.735. The Balaban J connectivity index is 2.35. The number of methoxy groups -OCH3 is 1. The molecule has 21 heavy (non-hydrogen) atoms. The fourth-order valence-electron chi connectivity index (χ4n) is 2.43. The topological polar surface area (TPSA) is 47.9 Å². The number of aromatic nitrogens is 3. The van der Waals surface area contributed by atoms with Gasteiger partial charge < -0.3 is 4.74 Å². The first-order chi connectivity index (χ1) is 10.2. The summed E-state index contributed by atoms with van der Waals surface area (Å²) in [5.74, 6) is 0. The van der Waals surface area contributed by atoms with Gasteiger partial charge in [-0.25, -0.2) is 4.98 Å². The summed E-state index contributed by atoms with van der Waals surface area (Å²) in [7, 11) is 1.57. The molecule has 0 saturated carbocycles. The Labute approximate surface area is 123 Å². The number of rotatable bonds is 3. The molecule has 4 nitrogen and oxygen atoms in total. The maximum atomic E-state index is 5.22. The molecule has 0 saturated heterocycles. The molecule has 3 aromatic rings. The smallest absolute Gasteiger partial charge is 0.318 e. The highest BCUT2D eigenvalue weighted by Gasteiger charge is 2.13. The summed E-state index contributed by atoms with van der Waals surface area (Å²) < 4.78 is 5.22. The molecule has 3 rings (SSSR count). The minimum atomic E-state index is 0.345. The van der Waals surface area contributed by atoms with Gasteiger partial charge in [-0.1, -0.05) is 37.3 Å². The summed E-state index contributed by atoms with van der Waals surface area (Å²) in [6.45, 7) is 4.14. The van der Waals surface area contributed by atoms with E-state index in [0.717, 1.165) is 28.8 Å². The largest absolute Gasteiger partial charge is 0.467 e. The molecule has 106 valence electrons. The van der Waals surface area contributed by atoms with Gasteiger partial charge >= 0.3 is 6.01 Å². The average molecular weight is 279 g/mol. The van der Waals surface area contributed by atoms with E-state index < -0.39 is 0 Å². The lowest BCUT2D eigenvalue weighted by atomic mass is 10.0. The Bertz CT molecular complexity index is 785. The van der Waals surface area contributed by atoms with Crippen LogP contribution in [0.4, 0.5) is 0 Å². The molecule has 0 atom stereocenters. The highest BCUT2D eigenvalue weighted by atomic mass is 16.5. The second-order valence-corrected chi connectivity index (χ2v) is 4.88. The third-order valence-corrected chi connectivity index (χ3v) is 3.57. The van der Waals surface area contributed by atoms with Gasteiger partial charge in [0.05, 0.1) is 12.8 Å². The van der Waals surface area contributed by atoms with E-state index in [1.165, 1.54) is 5.56 Å². The summed E-state index contributed by atoms with van der Waals surface area (Å²) in [5.41, 5.74) is 4.80. The van der Waals surface area contributed by atoms with Gasteiger partial charge in [0, 0.05) is 16.6 Å². The first-order valence-corrected chi connectivity index (χ1v) is 7.00. The highest BCUT2D eigenvalue weighted by molar-refractivity contribution is 5.91. The number of hydrogen-bond acceptors (Lipinski definition) is 4. The molecular formula is C17H17N3O. The normalized spacial score (nSPS) is 10.8. The van der Waals surface area contributed by atoms with Gasteiger partial charge in [-0.15, -0.1) is 0 Å².